The second-order valence-corrected chi connectivity index (χ2v) is 19.9. The fourth-order valence-corrected chi connectivity index (χ4v) is 8.57. The van der Waals surface area contributed by atoms with Gasteiger partial charge < -0.3 is 61.7 Å². The van der Waals surface area contributed by atoms with Crippen molar-refractivity contribution in [3.05, 3.63) is 161 Å². The predicted molar refractivity (Wildman–Crippen MR) is 291 cm³/mol. The van der Waals surface area contributed by atoms with Crippen molar-refractivity contribution < 1.29 is 76.2 Å². The molecule has 0 amide bonds. The molecule has 0 bridgehead atoms. The van der Waals surface area contributed by atoms with E-state index in [0.717, 1.165) is 117 Å². The lowest BCUT2D eigenvalue weighted by molar-refractivity contribution is -0.217. The monoisotopic (exact) mass is 1080 g/mol. The van der Waals surface area contributed by atoms with E-state index in [2.05, 4.69) is 6.92 Å². The van der Waals surface area contributed by atoms with Crippen LogP contribution < -0.4 is 33.3 Å². The van der Waals surface area contributed by atoms with Gasteiger partial charge in [-0.25, -0.2) is 9.59 Å². The van der Waals surface area contributed by atoms with Gasteiger partial charge in [-0.15, -0.1) is 0 Å². The van der Waals surface area contributed by atoms with Crippen LogP contribution in [-0.2, 0) is 39.9 Å². The molecule has 0 N–H and O–H groups in total. The number of esters is 2. The number of benzene rings is 6. The third-order valence-electron chi connectivity index (χ3n) is 13.5. The molecule has 0 saturated carbocycles. The number of unbranched alkanes of at least 4 members (excludes halogenated alkanes) is 2. The lowest BCUT2D eigenvalue weighted by Gasteiger charge is -2.11. The van der Waals surface area contributed by atoms with Gasteiger partial charge in [0.15, 0.2) is 5.75 Å². The molecule has 16 heteroatoms. The molecular weight excluding hydrogens is 1010 g/mol. The number of ether oxygens (including phenoxy) is 12. The molecule has 4 heterocycles. The summed E-state index contributed by atoms with van der Waals surface area (Å²) in [7, 11) is 0. The predicted octanol–water partition coefficient (Wildman–Crippen LogP) is 10.9. The molecular formula is C63H68O16. The van der Waals surface area contributed by atoms with Crippen molar-refractivity contribution in [1.82, 2.24) is 0 Å². The number of carbonyl (C=O) groups is 2. The van der Waals surface area contributed by atoms with Crippen LogP contribution in [0.3, 0.4) is 0 Å². The minimum Gasteiger partial charge on any atom is -0.494 e. The lowest BCUT2D eigenvalue weighted by atomic mass is 9.99. The van der Waals surface area contributed by atoms with Gasteiger partial charge in [0.05, 0.1) is 89.4 Å². The molecule has 5 atom stereocenters. The first-order chi connectivity index (χ1) is 38.8. The summed E-state index contributed by atoms with van der Waals surface area (Å²) in [6.45, 7) is 11.0. The van der Waals surface area contributed by atoms with E-state index in [9.17, 15) is 9.59 Å². The Morgan fingerprint density at radius 3 is 1.29 bits per heavy atom. The molecule has 4 aliphatic heterocycles. The maximum absolute atomic E-state index is 13.0. The van der Waals surface area contributed by atoms with Crippen LogP contribution >= 0.6 is 0 Å². The molecule has 4 saturated heterocycles. The second-order valence-electron chi connectivity index (χ2n) is 19.9. The fourth-order valence-electron chi connectivity index (χ4n) is 8.57. The Kier molecular flexibility index (Phi) is 19.8. The van der Waals surface area contributed by atoms with E-state index < -0.39 is 11.9 Å². The Morgan fingerprint density at radius 2 is 0.810 bits per heavy atom. The quantitative estimate of drug-likeness (QED) is 0.00972. The minimum atomic E-state index is -0.418. The molecule has 79 heavy (non-hydrogen) atoms. The lowest BCUT2D eigenvalue weighted by Crippen LogP contribution is -2.09. The number of hydrogen-bond acceptors (Lipinski definition) is 16. The molecule has 416 valence electrons. The van der Waals surface area contributed by atoms with E-state index in [1.807, 2.05) is 60.7 Å². The summed E-state index contributed by atoms with van der Waals surface area (Å²) in [6.07, 6.45) is 6.80. The number of rotatable bonds is 32. The van der Waals surface area contributed by atoms with Crippen molar-refractivity contribution >= 4 is 11.9 Å². The third-order valence-corrected chi connectivity index (χ3v) is 13.5. The highest BCUT2D eigenvalue weighted by Crippen LogP contribution is 2.47. The van der Waals surface area contributed by atoms with Gasteiger partial charge in [-0.3, -0.25) is 0 Å². The summed E-state index contributed by atoms with van der Waals surface area (Å²) in [5.41, 5.74) is 6.35. The summed E-state index contributed by atoms with van der Waals surface area (Å²) in [5, 5.41) is 0. The van der Waals surface area contributed by atoms with Crippen molar-refractivity contribution in [3.63, 3.8) is 0 Å². The van der Waals surface area contributed by atoms with E-state index in [4.69, 9.17) is 66.6 Å². The zero-order chi connectivity index (χ0) is 54.0. The van der Waals surface area contributed by atoms with Crippen molar-refractivity contribution in [2.75, 3.05) is 79.3 Å². The molecule has 5 unspecified atom stereocenters. The van der Waals surface area contributed by atoms with Gasteiger partial charge in [0.25, 0.3) is 0 Å². The first-order valence-electron chi connectivity index (χ1n) is 27.4. The number of epoxide rings is 4. The van der Waals surface area contributed by atoms with Crippen LogP contribution in [0, 0.1) is 0 Å². The maximum atomic E-state index is 13.0. The van der Waals surface area contributed by atoms with Gasteiger partial charge in [0, 0.05) is 32.0 Å². The number of carbonyl (C=O) groups excluding carboxylic acids is 2. The van der Waals surface area contributed by atoms with Crippen LogP contribution in [0.2, 0.25) is 0 Å². The highest BCUT2D eigenvalue weighted by molar-refractivity contribution is 5.92. The Hall–Kier alpha value is -7.02. The smallest absolute Gasteiger partial charge is 0.343 e. The van der Waals surface area contributed by atoms with Crippen LogP contribution in [0.25, 0.3) is 11.1 Å². The summed E-state index contributed by atoms with van der Waals surface area (Å²) in [5.74, 6) is 3.86. The average Bonchev–Trinajstić information content (AvgIpc) is 4.23. The standard InChI is InChI=1S/C42H46O10.C21H22O6/c1-29-40-22-34(51-42(43)31-8-12-33(13-9-31)47-21-5-3-19-45-26-37-28-49-37)14-16-38(40)39-17-15-35(23-41(29)39)52-50-24-30-6-10-32(11-7-30)46-20-4-2-18-44-25-36-27-48-36;22-21(15-1-3-16(4-2-15)23-11-9-19-13-25-19)27-18-7-5-17(6-8-18)24-12-10-20-14-26-20/h6-17,22-23,29,36-37H,2-5,18-21,24-28H2,1H3;1-8,19-20H,9-14H2. The third kappa shape index (κ3) is 18.0. The summed E-state index contributed by atoms with van der Waals surface area (Å²) in [4.78, 5) is 36.5. The molecule has 0 aromatic heterocycles. The first-order valence-corrected chi connectivity index (χ1v) is 27.4. The van der Waals surface area contributed by atoms with Gasteiger partial charge >= 0.3 is 11.9 Å². The van der Waals surface area contributed by atoms with E-state index in [-0.39, 0.29) is 5.92 Å². The largest absolute Gasteiger partial charge is 0.494 e. The SMILES string of the molecule is CC1c2cc(OOCc3ccc(OCCCCOCC4CO4)cc3)ccc2-c2ccc(OC(=O)c3ccc(OCCCCOCC4CO4)cc3)cc21.O=C(Oc1ccc(OCCC2CO2)cc1)c1ccc(OCCC2CO2)cc1. The van der Waals surface area contributed by atoms with Crippen molar-refractivity contribution in [1.29, 1.82) is 0 Å². The molecule has 6 aromatic carbocycles. The molecule has 11 rings (SSSR count). The Bertz CT molecular complexity index is 2860. The van der Waals surface area contributed by atoms with Crippen LogP contribution in [0.5, 0.6) is 40.2 Å². The van der Waals surface area contributed by atoms with Gasteiger partial charge in [-0.2, -0.15) is 4.89 Å². The fraction of sp³-hybridized carbons (Fsp3) is 0.397. The summed E-state index contributed by atoms with van der Waals surface area (Å²) >= 11 is 0. The van der Waals surface area contributed by atoms with Gasteiger partial charge in [0.1, 0.15) is 53.3 Å². The Morgan fingerprint density at radius 1 is 0.430 bits per heavy atom. The first kappa shape index (κ1) is 55.3. The van der Waals surface area contributed by atoms with Crippen molar-refractivity contribution in [3.8, 4) is 51.4 Å². The zero-order valence-corrected chi connectivity index (χ0v) is 44.6. The molecule has 6 aromatic rings. The van der Waals surface area contributed by atoms with Crippen LogP contribution in [0.15, 0.2) is 133 Å². The van der Waals surface area contributed by atoms with E-state index >= 15 is 0 Å². The van der Waals surface area contributed by atoms with E-state index in [1.165, 1.54) is 0 Å². The van der Waals surface area contributed by atoms with Crippen LogP contribution in [0.4, 0.5) is 0 Å². The Balaban J connectivity index is 0.000000218. The van der Waals surface area contributed by atoms with Crippen LogP contribution in [0.1, 0.15) is 88.8 Å². The number of hydrogen-bond donors (Lipinski definition) is 0. The normalized spacial score (nSPS) is 18.7. The minimum absolute atomic E-state index is 0.0832. The topological polar surface area (TPSA) is 177 Å². The van der Waals surface area contributed by atoms with Crippen LogP contribution in [-0.4, -0.2) is 116 Å². The second kappa shape index (κ2) is 28.2. The summed E-state index contributed by atoms with van der Waals surface area (Å²) in [6, 6.07) is 40.6. The van der Waals surface area contributed by atoms with Crippen molar-refractivity contribution in [2.45, 2.75) is 82.4 Å². The highest BCUT2D eigenvalue weighted by atomic mass is 17.2. The molecule has 0 radical (unpaired) electrons. The zero-order valence-electron chi connectivity index (χ0n) is 44.6. The van der Waals surface area contributed by atoms with E-state index in [1.54, 1.807) is 72.8 Å². The number of fused-ring (bicyclic) bond motifs is 3. The molecule has 4 fully saturated rings. The molecule has 5 aliphatic rings. The van der Waals surface area contributed by atoms with Gasteiger partial charge in [-0.05, 0) is 163 Å². The molecule has 1 aliphatic carbocycles. The van der Waals surface area contributed by atoms with Gasteiger partial charge in [0.2, 0.25) is 0 Å². The summed E-state index contributed by atoms with van der Waals surface area (Å²) < 4.78 is 65.7. The molecule has 16 nitrogen and oxygen atoms in total. The van der Waals surface area contributed by atoms with E-state index in [0.29, 0.717) is 111 Å². The Labute approximate surface area is 460 Å². The van der Waals surface area contributed by atoms with Gasteiger partial charge in [-0.1, -0.05) is 31.2 Å². The van der Waals surface area contributed by atoms with Crippen molar-refractivity contribution in [2.24, 2.45) is 0 Å². The highest BCUT2D eigenvalue weighted by Gasteiger charge is 2.28. The molecule has 0 spiro atoms. The average molecular weight is 1080 g/mol. The maximum Gasteiger partial charge on any atom is 0.343 e.